The fourth-order valence-corrected chi connectivity index (χ4v) is 2.01. The highest BCUT2D eigenvalue weighted by molar-refractivity contribution is 5.97. The van der Waals surface area contributed by atoms with E-state index in [1.54, 1.807) is 0 Å². The fraction of sp³-hybridized carbons (Fsp3) is 0.643. The van der Waals surface area contributed by atoms with Crippen LogP contribution in [0.15, 0.2) is 29.0 Å². The average Bonchev–Trinajstić information content (AvgIpc) is 2.39. The Hall–Kier alpha value is -1.13. The molecule has 0 bridgehead atoms. The van der Waals surface area contributed by atoms with E-state index < -0.39 is 0 Å². The summed E-state index contributed by atoms with van der Waals surface area (Å²) in [6, 6.07) is 0. The van der Waals surface area contributed by atoms with Crippen LogP contribution in [0, 0.1) is 0 Å². The molecule has 1 fully saturated rings. The van der Waals surface area contributed by atoms with Gasteiger partial charge in [-0.1, -0.05) is 12.7 Å². The van der Waals surface area contributed by atoms with Crippen molar-refractivity contribution in [1.82, 2.24) is 9.80 Å². The molecule has 0 amide bonds. The normalized spacial score (nSPS) is 19.2. The van der Waals surface area contributed by atoms with E-state index in [-0.39, 0.29) is 6.61 Å². The number of allylic oxidation sites excluding steroid dienone is 3. The van der Waals surface area contributed by atoms with Crippen molar-refractivity contribution in [3.8, 4) is 0 Å². The van der Waals surface area contributed by atoms with Gasteiger partial charge in [0.25, 0.3) is 0 Å². The Morgan fingerprint density at radius 3 is 2.39 bits per heavy atom. The maximum Gasteiger partial charge on any atom is 0.0602 e. The Morgan fingerprint density at radius 2 is 1.89 bits per heavy atom. The molecule has 0 aromatic heterocycles. The number of aliphatic hydroxyl groups is 1. The van der Waals surface area contributed by atoms with Crippen LogP contribution in [0.1, 0.15) is 20.8 Å². The van der Waals surface area contributed by atoms with Gasteiger partial charge in [-0.2, -0.15) is 0 Å². The zero-order chi connectivity index (χ0) is 13.5. The van der Waals surface area contributed by atoms with Gasteiger partial charge >= 0.3 is 0 Å². The van der Waals surface area contributed by atoms with E-state index in [0.29, 0.717) is 0 Å². The number of piperazine rings is 1. The number of hydrogen-bond donors (Lipinski definition) is 1. The summed E-state index contributed by atoms with van der Waals surface area (Å²) in [5.74, 6) is 0. The topological polar surface area (TPSA) is 39.1 Å². The second kappa shape index (κ2) is 7.34. The van der Waals surface area contributed by atoms with E-state index >= 15 is 0 Å². The van der Waals surface area contributed by atoms with Gasteiger partial charge in [0.15, 0.2) is 0 Å². The molecule has 1 saturated heterocycles. The van der Waals surface area contributed by atoms with Crippen molar-refractivity contribution in [2.75, 3.05) is 39.3 Å². The Kier molecular flexibility index (Phi) is 6.09. The van der Waals surface area contributed by atoms with Crippen LogP contribution in [0.3, 0.4) is 0 Å². The summed E-state index contributed by atoms with van der Waals surface area (Å²) in [6.45, 7) is 15.0. The highest BCUT2D eigenvalue weighted by Crippen LogP contribution is 2.11. The van der Waals surface area contributed by atoms with Gasteiger partial charge in [-0.3, -0.25) is 9.89 Å². The molecule has 1 rings (SSSR count). The summed E-state index contributed by atoms with van der Waals surface area (Å²) in [6.07, 6.45) is 2.00. The van der Waals surface area contributed by atoms with Crippen LogP contribution in [-0.2, 0) is 0 Å². The van der Waals surface area contributed by atoms with Crippen LogP contribution < -0.4 is 0 Å². The van der Waals surface area contributed by atoms with Crippen molar-refractivity contribution in [2.45, 2.75) is 20.8 Å². The fourth-order valence-electron chi connectivity index (χ4n) is 2.01. The van der Waals surface area contributed by atoms with E-state index in [0.717, 1.165) is 49.8 Å². The molecular weight excluding hydrogens is 226 g/mol. The van der Waals surface area contributed by atoms with Gasteiger partial charge < -0.3 is 10.0 Å². The second-order valence-electron chi connectivity index (χ2n) is 4.63. The molecule has 1 N–H and O–H groups in total. The molecule has 0 atom stereocenters. The molecular formula is C14H25N3O. The number of aliphatic hydroxyl groups excluding tert-OH is 1. The van der Waals surface area contributed by atoms with Gasteiger partial charge in [0.1, 0.15) is 0 Å². The van der Waals surface area contributed by atoms with Gasteiger partial charge in [-0.25, -0.2) is 0 Å². The molecule has 18 heavy (non-hydrogen) atoms. The highest BCUT2D eigenvalue weighted by atomic mass is 16.3. The number of nitrogens with zero attached hydrogens (tertiary/aromatic N) is 3. The Balaban J connectivity index is 2.52. The van der Waals surface area contributed by atoms with Gasteiger partial charge in [-0.05, 0) is 20.8 Å². The van der Waals surface area contributed by atoms with Gasteiger partial charge in [0.2, 0.25) is 0 Å². The first-order valence-corrected chi connectivity index (χ1v) is 6.54. The van der Waals surface area contributed by atoms with Crippen molar-refractivity contribution >= 4 is 5.71 Å². The van der Waals surface area contributed by atoms with Crippen LogP contribution in [0.2, 0.25) is 0 Å². The molecule has 0 spiro atoms. The van der Waals surface area contributed by atoms with Gasteiger partial charge in [0, 0.05) is 38.4 Å². The van der Waals surface area contributed by atoms with Crippen molar-refractivity contribution in [3.05, 3.63) is 24.0 Å². The largest absolute Gasteiger partial charge is 0.395 e. The summed E-state index contributed by atoms with van der Waals surface area (Å²) in [4.78, 5) is 9.05. The lowest BCUT2D eigenvalue weighted by atomic mass is 10.2. The molecule has 0 aromatic carbocycles. The van der Waals surface area contributed by atoms with E-state index in [2.05, 4.69) is 21.4 Å². The average molecular weight is 251 g/mol. The minimum atomic E-state index is 0.238. The predicted octanol–water partition coefficient (Wildman–Crippen LogP) is 1.49. The number of β-amino-alcohol motifs (C(OH)–C–C–N with tert-alkyl or cyclic N) is 1. The van der Waals surface area contributed by atoms with Crippen molar-refractivity contribution in [1.29, 1.82) is 0 Å². The molecule has 0 unspecified atom stereocenters. The monoisotopic (exact) mass is 251 g/mol. The lowest BCUT2D eigenvalue weighted by Crippen LogP contribution is -2.47. The van der Waals surface area contributed by atoms with Crippen LogP contribution in [0.25, 0.3) is 0 Å². The minimum Gasteiger partial charge on any atom is -0.395 e. The van der Waals surface area contributed by atoms with Gasteiger partial charge in [0.05, 0.1) is 18.0 Å². The first-order valence-electron chi connectivity index (χ1n) is 6.54. The Bertz CT molecular complexity index is 339. The van der Waals surface area contributed by atoms with E-state index in [9.17, 15) is 0 Å². The minimum absolute atomic E-state index is 0.238. The van der Waals surface area contributed by atoms with Crippen LogP contribution in [0.4, 0.5) is 0 Å². The molecule has 4 nitrogen and oxygen atoms in total. The molecule has 0 aliphatic carbocycles. The lowest BCUT2D eigenvalue weighted by Gasteiger charge is -2.36. The molecule has 0 radical (unpaired) electrons. The summed E-state index contributed by atoms with van der Waals surface area (Å²) >= 11 is 0. The third-order valence-corrected chi connectivity index (χ3v) is 3.35. The summed E-state index contributed by atoms with van der Waals surface area (Å²) < 4.78 is 0. The molecule has 0 aromatic rings. The second-order valence-corrected chi connectivity index (χ2v) is 4.63. The van der Waals surface area contributed by atoms with Crippen LogP contribution in [-0.4, -0.2) is 59.9 Å². The quantitative estimate of drug-likeness (QED) is 0.753. The summed E-state index contributed by atoms with van der Waals surface area (Å²) in [5.41, 5.74) is 3.02. The maximum atomic E-state index is 8.91. The first kappa shape index (κ1) is 14.9. The molecule has 4 heteroatoms. The SMILES string of the molecule is C=C(C(C)=N/C(C)=C\C)N1CCN(CCO)CC1. The molecule has 1 aliphatic rings. The highest BCUT2D eigenvalue weighted by Gasteiger charge is 2.18. The summed E-state index contributed by atoms with van der Waals surface area (Å²) in [5, 5.41) is 8.91. The lowest BCUT2D eigenvalue weighted by molar-refractivity contribution is 0.135. The predicted molar refractivity (Wildman–Crippen MR) is 76.8 cm³/mol. The zero-order valence-corrected chi connectivity index (χ0v) is 11.8. The Labute approximate surface area is 110 Å². The van der Waals surface area contributed by atoms with Crippen LogP contribution in [0.5, 0.6) is 0 Å². The van der Waals surface area contributed by atoms with E-state index in [1.807, 2.05) is 26.8 Å². The summed E-state index contributed by atoms with van der Waals surface area (Å²) in [7, 11) is 0. The molecule has 1 aliphatic heterocycles. The maximum absolute atomic E-state index is 8.91. The third kappa shape index (κ3) is 4.27. The van der Waals surface area contributed by atoms with Crippen LogP contribution >= 0.6 is 0 Å². The third-order valence-electron chi connectivity index (χ3n) is 3.35. The van der Waals surface area contributed by atoms with Crippen molar-refractivity contribution < 1.29 is 5.11 Å². The van der Waals surface area contributed by atoms with Crippen molar-refractivity contribution in [3.63, 3.8) is 0 Å². The number of aliphatic imine (C=N–C) groups is 1. The Morgan fingerprint density at radius 1 is 1.28 bits per heavy atom. The zero-order valence-electron chi connectivity index (χ0n) is 11.8. The first-order chi connectivity index (χ1) is 8.58. The smallest absolute Gasteiger partial charge is 0.0602 e. The van der Waals surface area contributed by atoms with E-state index in [4.69, 9.17) is 5.11 Å². The number of hydrogen-bond acceptors (Lipinski definition) is 4. The molecule has 102 valence electrons. The van der Waals surface area contributed by atoms with Gasteiger partial charge in [-0.15, -0.1) is 0 Å². The standard InChI is InChI=1S/C14H25N3O/c1-5-12(2)15-13(3)14(4)17-8-6-16(7-9-17)10-11-18/h5,18H,4,6-11H2,1-3H3/b12-5-,15-13?. The van der Waals surface area contributed by atoms with Crippen molar-refractivity contribution in [2.24, 2.45) is 4.99 Å². The molecule has 0 saturated carbocycles. The molecule has 1 heterocycles. The van der Waals surface area contributed by atoms with E-state index in [1.165, 1.54) is 0 Å². The number of rotatable bonds is 5.